The zero-order valence-corrected chi connectivity index (χ0v) is 23.4. The van der Waals surface area contributed by atoms with Crippen molar-refractivity contribution < 1.29 is 27.4 Å². The van der Waals surface area contributed by atoms with Crippen LogP contribution in [0.15, 0.2) is 129 Å². The van der Waals surface area contributed by atoms with Gasteiger partial charge < -0.3 is 9.47 Å². The second-order valence-corrected chi connectivity index (χ2v) is 12.2. The fourth-order valence-electron chi connectivity index (χ4n) is 3.66. The molecule has 0 amide bonds. The number of hydrogen-bond acceptors (Lipinski definition) is 4. The Labute approximate surface area is 239 Å². The number of halogens is 3. The number of hydrogen-bond donors (Lipinski definition) is 0. The first-order valence-electron chi connectivity index (χ1n) is 12.3. The van der Waals surface area contributed by atoms with Crippen LogP contribution < -0.4 is 4.74 Å². The van der Waals surface area contributed by atoms with Gasteiger partial charge in [-0.05, 0) is 86.3 Å². The van der Waals surface area contributed by atoms with Crippen LogP contribution in [0, 0.1) is 11.8 Å². The van der Waals surface area contributed by atoms with Gasteiger partial charge in [0.2, 0.25) is 0 Å². The Morgan fingerprint density at radius 2 is 1.38 bits per heavy atom. The van der Waals surface area contributed by atoms with Crippen molar-refractivity contribution in [1.82, 2.24) is 0 Å². The van der Waals surface area contributed by atoms with Gasteiger partial charge in [-0.1, -0.05) is 54.3 Å². The van der Waals surface area contributed by atoms with E-state index in [0.717, 1.165) is 4.90 Å². The van der Waals surface area contributed by atoms with Crippen LogP contribution in [-0.2, 0) is 20.4 Å². The highest BCUT2D eigenvalue weighted by atomic mass is 32.2. The van der Waals surface area contributed by atoms with Gasteiger partial charge in [-0.25, -0.2) is 4.79 Å². The third-order valence-electron chi connectivity index (χ3n) is 5.32. The second-order valence-electron chi connectivity index (χ2n) is 9.00. The number of carbonyl (C=O) groups is 1. The molecule has 4 aromatic rings. The third-order valence-corrected chi connectivity index (χ3v) is 8.27. The quantitative estimate of drug-likeness (QED) is 0.0914. The molecule has 0 bridgehead atoms. The molecule has 40 heavy (non-hydrogen) atoms. The summed E-state index contributed by atoms with van der Waals surface area (Å²) in [5, 5.41) is 0. The van der Waals surface area contributed by atoms with Gasteiger partial charge in [0.15, 0.2) is 26.9 Å². The topological polar surface area (TPSA) is 35.5 Å². The fourth-order valence-corrected chi connectivity index (χ4v) is 6.32. The van der Waals surface area contributed by atoms with E-state index >= 15 is 0 Å². The maximum atomic E-state index is 12.6. The Morgan fingerprint density at radius 3 is 1.95 bits per heavy atom. The van der Waals surface area contributed by atoms with Crippen molar-refractivity contribution in [2.24, 2.45) is 0 Å². The summed E-state index contributed by atoms with van der Waals surface area (Å²) in [5.41, 5.74) is -4.97. The van der Waals surface area contributed by atoms with E-state index in [1.54, 1.807) is 19.9 Å². The van der Waals surface area contributed by atoms with Crippen molar-refractivity contribution >= 4 is 28.6 Å². The molecule has 3 nitrogen and oxygen atoms in total. The minimum Gasteiger partial charge on any atom is -0.482 e. The van der Waals surface area contributed by atoms with Gasteiger partial charge in [0.1, 0.15) is 5.75 Å². The Hall–Kier alpha value is -3.80. The van der Waals surface area contributed by atoms with Gasteiger partial charge in [0.25, 0.3) is 0 Å². The molecule has 0 aliphatic carbocycles. The summed E-state index contributed by atoms with van der Waals surface area (Å²) in [6, 6.07) is 33.8. The molecule has 0 saturated heterocycles. The summed E-state index contributed by atoms with van der Waals surface area (Å²) in [6.07, 6.45) is 0. The van der Waals surface area contributed by atoms with Crippen molar-refractivity contribution in [2.45, 2.75) is 44.5 Å². The Kier molecular flexibility index (Phi) is 9.51. The van der Waals surface area contributed by atoms with Gasteiger partial charge in [0, 0.05) is 16.5 Å². The van der Waals surface area contributed by atoms with Crippen molar-refractivity contribution in [3.05, 3.63) is 115 Å². The smallest absolute Gasteiger partial charge is 0.446 e. The van der Waals surface area contributed by atoms with Gasteiger partial charge in [-0.2, -0.15) is 13.2 Å². The Bertz CT molecular complexity index is 1440. The Morgan fingerprint density at radius 1 is 0.800 bits per heavy atom. The van der Waals surface area contributed by atoms with Crippen molar-refractivity contribution in [3.63, 3.8) is 0 Å². The minimum atomic E-state index is -4.35. The molecule has 4 aromatic carbocycles. The highest BCUT2D eigenvalue weighted by Gasteiger charge is 2.30. The second kappa shape index (κ2) is 13.0. The van der Waals surface area contributed by atoms with Gasteiger partial charge in [-0.15, -0.1) is 0 Å². The normalized spacial score (nSPS) is 11.4. The maximum absolute atomic E-state index is 12.6. The van der Waals surface area contributed by atoms with Crippen LogP contribution >= 0.6 is 11.8 Å². The highest BCUT2D eigenvalue weighted by molar-refractivity contribution is 8.00. The van der Waals surface area contributed by atoms with Crippen LogP contribution in [0.3, 0.4) is 0 Å². The lowest BCUT2D eigenvalue weighted by Crippen LogP contribution is -2.29. The van der Waals surface area contributed by atoms with Gasteiger partial charge >= 0.3 is 11.5 Å². The van der Waals surface area contributed by atoms with Crippen LogP contribution in [0.1, 0.15) is 19.4 Å². The average Bonchev–Trinajstić information content (AvgIpc) is 2.92. The molecule has 0 spiro atoms. The molecule has 0 fully saturated rings. The zero-order chi connectivity index (χ0) is 28.6. The zero-order valence-electron chi connectivity index (χ0n) is 21.8. The summed E-state index contributed by atoms with van der Waals surface area (Å²) < 4.78 is 48.8. The summed E-state index contributed by atoms with van der Waals surface area (Å²) in [4.78, 5) is 16.0. The molecule has 8 heteroatoms. The summed E-state index contributed by atoms with van der Waals surface area (Å²) in [5.74, 6) is 5.65. The monoisotopic (exact) mass is 579 g/mol. The fraction of sp³-hybridized carbons (Fsp3) is 0.156. The lowest BCUT2D eigenvalue weighted by atomic mass is 10.1. The van der Waals surface area contributed by atoms with Gasteiger partial charge in [0.05, 0.1) is 10.9 Å². The molecule has 4 rings (SSSR count). The summed E-state index contributed by atoms with van der Waals surface area (Å²) in [6.45, 7) is 2.97. The Balaban J connectivity index is 1.39. The van der Waals surface area contributed by atoms with E-state index in [9.17, 15) is 18.0 Å². The number of carbonyl (C=O) groups excluding carboxylic acids is 1. The highest BCUT2D eigenvalue weighted by Crippen LogP contribution is 2.36. The molecule has 0 saturated carbocycles. The van der Waals surface area contributed by atoms with E-state index in [4.69, 9.17) is 9.47 Å². The number of alkyl halides is 3. The van der Waals surface area contributed by atoms with E-state index in [-0.39, 0.29) is 34.2 Å². The number of rotatable bonds is 8. The van der Waals surface area contributed by atoms with E-state index in [1.807, 2.05) is 54.6 Å². The molecule has 0 radical (unpaired) electrons. The number of ether oxygens (including phenoxy) is 2. The maximum Gasteiger partial charge on any atom is 0.446 e. The van der Waals surface area contributed by atoms with Crippen LogP contribution in [0.4, 0.5) is 13.2 Å². The molecule has 0 aliphatic rings. The SMILES string of the molecule is CC(C)(C#Cc1ccc(SC(F)(F)F)cc1)OC(=O)COc1cccc([S+](c2ccccc2)c2ccccc2)c1. The third kappa shape index (κ3) is 8.87. The first-order chi connectivity index (χ1) is 19.1. The molecule has 0 aliphatic heterocycles. The molecular formula is C32H26F3O3S2+. The molecule has 0 atom stereocenters. The summed E-state index contributed by atoms with van der Waals surface area (Å²) >= 11 is -0.186. The van der Waals surface area contributed by atoms with Crippen LogP contribution in [0.5, 0.6) is 5.75 Å². The molecular weight excluding hydrogens is 553 g/mol. The van der Waals surface area contributed by atoms with Crippen molar-refractivity contribution in [3.8, 4) is 17.6 Å². The number of benzene rings is 4. The first-order valence-corrected chi connectivity index (χ1v) is 14.3. The predicted molar refractivity (Wildman–Crippen MR) is 152 cm³/mol. The number of thioether (sulfide) groups is 1. The lowest BCUT2D eigenvalue weighted by Gasteiger charge is -2.19. The largest absolute Gasteiger partial charge is 0.482 e. The minimum absolute atomic E-state index is 0.0735. The van der Waals surface area contributed by atoms with E-state index in [1.165, 1.54) is 34.1 Å². The van der Waals surface area contributed by atoms with Crippen molar-refractivity contribution in [2.75, 3.05) is 6.61 Å². The molecule has 0 heterocycles. The molecule has 0 aromatic heterocycles. The van der Waals surface area contributed by atoms with Crippen molar-refractivity contribution in [1.29, 1.82) is 0 Å². The van der Waals surface area contributed by atoms with Gasteiger partial charge in [-0.3, -0.25) is 0 Å². The average molecular weight is 580 g/mol. The number of esters is 1. The lowest BCUT2D eigenvalue weighted by molar-refractivity contribution is -0.154. The van der Waals surface area contributed by atoms with Crippen LogP contribution in [0.2, 0.25) is 0 Å². The standard InChI is InChI=1S/C32H26F3O3S2/c1-31(2,21-20-24-16-18-26(19-17-24)39-32(33,34)35)38-30(36)23-37-25-10-9-15-29(22-25)40(27-11-5-3-6-12-27)28-13-7-4-8-14-28/h3-19,22H,23H2,1-2H3/q+1. The van der Waals surface area contributed by atoms with Crippen LogP contribution in [-0.4, -0.2) is 23.7 Å². The van der Waals surface area contributed by atoms with E-state index in [2.05, 4.69) is 36.1 Å². The van der Waals surface area contributed by atoms with E-state index < -0.39 is 17.1 Å². The summed E-state index contributed by atoms with van der Waals surface area (Å²) in [7, 11) is -0.354. The van der Waals surface area contributed by atoms with E-state index in [0.29, 0.717) is 11.3 Å². The molecule has 0 unspecified atom stereocenters. The molecule has 204 valence electrons. The predicted octanol–water partition coefficient (Wildman–Crippen LogP) is 8.15. The first kappa shape index (κ1) is 29.2. The van der Waals surface area contributed by atoms with Crippen LogP contribution in [0.25, 0.3) is 0 Å². The molecule has 0 N–H and O–H groups in total.